The van der Waals surface area contributed by atoms with E-state index in [9.17, 15) is 19.2 Å². The largest absolute Gasteiger partial charge is 0.469 e. The maximum atomic E-state index is 12.3. The highest BCUT2D eigenvalue weighted by molar-refractivity contribution is 5.73. The molecule has 0 radical (unpaired) electrons. The first-order valence-electron chi connectivity index (χ1n) is 10.9. The predicted molar refractivity (Wildman–Crippen MR) is 122 cm³/mol. The molecule has 0 spiro atoms. The zero-order valence-corrected chi connectivity index (χ0v) is 21.4. The first-order valence-corrected chi connectivity index (χ1v) is 10.9. The third-order valence-corrected chi connectivity index (χ3v) is 4.13. The van der Waals surface area contributed by atoms with Gasteiger partial charge in [0.1, 0.15) is 11.2 Å². The van der Waals surface area contributed by atoms with Crippen molar-refractivity contribution < 1.29 is 38.1 Å². The van der Waals surface area contributed by atoms with E-state index in [-0.39, 0.29) is 25.9 Å². The minimum atomic E-state index is -0.701. The lowest BCUT2D eigenvalue weighted by atomic mass is 10.1. The van der Waals surface area contributed by atoms with Crippen molar-refractivity contribution in [2.75, 3.05) is 33.9 Å². The molecule has 0 bridgehead atoms. The Balaban J connectivity index is 5.39. The van der Waals surface area contributed by atoms with Crippen molar-refractivity contribution in [3.8, 4) is 0 Å². The number of hydrogen-bond donors (Lipinski definition) is 2. The van der Waals surface area contributed by atoms with Gasteiger partial charge in [-0.1, -0.05) is 6.92 Å². The number of ether oxygens (including phenoxy) is 4. The number of hydrogen-bond acceptors (Lipinski definition) is 9. The quantitative estimate of drug-likeness (QED) is 0.341. The summed E-state index contributed by atoms with van der Waals surface area (Å²) in [5.74, 6) is -0.991. The Morgan fingerprint density at radius 3 is 1.30 bits per heavy atom. The Kier molecular flexibility index (Phi) is 12.8. The number of rotatable bonds is 11. The number of likely N-dealkylation sites (N-methyl/N-ethyl adjacent to an activating group) is 1. The third kappa shape index (κ3) is 15.8. The van der Waals surface area contributed by atoms with Crippen molar-refractivity contribution in [2.24, 2.45) is 0 Å². The summed E-state index contributed by atoms with van der Waals surface area (Å²) in [6, 6.07) is -1.24. The number of esters is 2. The first kappa shape index (κ1) is 30.4. The van der Waals surface area contributed by atoms with Gasteiger partial charge >= 0.3 is 24.1 Å². The summed E-state index contributed by atoms with van der Waals surface area (Å²) in [6.45, 7) is 13.3. The van der Waals surface area contributed by atoms with E-state index < -0.39 is 47.4 Å². The topological polar surface area (TPSA) is 132 Å². The molecule has 11 nitrogen and oxygen atoms in total. The van der Waals surface area contributed by atoms with E-state index in [4.69, 9.17) is 18.9 Å². The van der Waals surface area contributed by atoms with E-state index in [0.29, 0.717) is 6.54 Å². The molecule has 0 saturated carbocycles. The van der Waals surface area contributed by atoms with Gasteiger partial charge in [0.05, 0.1) is 39.1 Å². The summed E-state index contributed by atoms with van der Waals surface area (Å²) in [4.78, 5) is 50.1. The molecule has 0 rings (SSSR count). The van der Waals surface area contributed by atoms with Crippen LogP contribution in [0.25, 0.3) is 0 Å². The van der Waals surface area contributed by atoms with Crippen LogP contribution in [0, 0.1) is 0 Å². The van der Waals surface area contributed by atoms with E-state index >= 15 is 0 Å². The van der Waals surface area contributed by atoms with Gasteiger partial charge in [-0.05, 0) is 48.1 Å². The molecule has 0 heterocycles. The summed E-state index contributed by atoms with van der Waals surface area (Å²) < 4.78 is 20.1. The summed E-state index contributed by atoms with van der Waals surface area (Å²) in [5.41, 5.74) is -1.40. The summed E-state index contributed by atoms with van der Waals surface area (Å²) in [7, 11) is 2.53. The molecule has 11 heteroatoms. The Bertz CT molecular complexity index is 601. The smallest absolute Gasteiger partial charge is 0.407 e. The molecule has 192 valence electrons. The fourth-order valence-corrected chi connectivity index (χ4v) is 2.80. The maximum absolute atomic E-state index is 12.3. The van der Waals surface area contributed by atoms with Crippen molar-refractivity contribution in [1.29, 1.82) is 0 Å². The number of carbonyl (C=O) groups excluding carboxylic acids is 4. The van der Waals surface area contributed by atoms with Crippen molar-refractivity contribution in [2.45, 2.75) is 84.6 Å². The van der Waals surface area contributed by atoms with Crippen LogP contribution in [-0.2, 0) is 28.5 Å². The summed E-state index contributed by atoms with van der Waals surface area (Å²) in [6.07, 6.45) is -1.48. The molecule has 0 saturated heterocycles. The molecule has 0 aliphatic heterocycles. The van der Waals surface area contributed by atoms with Gasteiger partial charge in [0.25, 0.3) is 0 Å². The molecule has 0 aromatic heterocycles. The van der Waals surface area contributed by atoms with Crippen LogP contribution in [0.15, 0.2) is 0 Å². The van der Waals surface area contributed by atoms with E-state index in [1.807, 2.05) is 11.8 Å². The molecule has 33 heavy (non-hydrogen) atoms. The minimum absolute atomic E-state index is 0.0760. The number of alkyl carbamates (subject to hydrolysis) is 2. The van der Waals surface area contributed by atoms with Crippen molar-refractivity contribution in [3.05, 3.63) is 0 Å². The van der Waals surface area contributed by atoms with Crippen LogP contribution in [-0.4, -0.2) is 86.2 Å². The number of nitrogens with one attached hydrogen (secondary N) is 2. The normalized spacial score (nSPS) is 13.5. The van der Waals surface area contributed by atoms with Crippen LogP contribution >= 0.6 is 0 Å². The van der Waals surface area contributed by atoms with Gasteiger partial charge in [-0.2, -0.15) is 0 Å². The molecule has 2 unspecified atom stereocenters. The van der Waals surface area contributed by atoms with Crippen LogP contribution in [0.5, 0.6) is 0 Å². The molecule has 0 aliphatic rings. The van der Waals surface area contributed by atoms with Crippen LogP contribution in [0.2, 0.25) is 0 Å². The van der Waals surface area contributed by atoms with Gasteiger partial charge in [-0.3, -0.25) is 14.5 Å². The van der Waals surface area contributed by atoms with E-state index in [1.165, 1.54) is 14.2 Å². The highest BCUT2D eigenvalue weighted by Gasteiger charge is 2.27. The zero-order valence-electron chi connectivity index (χ0n) is 21.4. The number of methoxy groups -OCH3 is 2. The Morgan fingerprint density at radius 1 is 0.727 bits per heavy atom. The van der Waals surface area contributed by atoms with E-state index in [1.54, 1.807) is 41.5 Å². The SMILES string of the molecule is CCN(CC(CC(=O)OC)NC(=O)OC(C)(C)C)CC(CC(=O)OC)NC(=O)OC(C)(C)C. The number of nitrogens with zero attached hydrogens (tertiary/aromatic N) is 1. The third-order valence-electron chi connectivity index (χ3n) is 4.13. The van der Waals surface area contributed by atoms with E-state index in [2.05, 4.69) is 10.6 Å². The second-order valence-electron chi connectivity index (χ2n) is 9.60. The van der Waals surface area contributed by atoms with Crippen molar-refractivity contribution in [3.63, 3.8) is 0 Å². The fourth-order valence-electron chi connectivity index (χ4n) is 2.80. The Morgan fingerprint density at radius 2 is 1.06 bits per heavy atom. The van der Waals surface area contributed by atoms with Crippen LogP contribution in [0.1, 0.15) is 61.3 Å². The Labute approximate surface area is 196 Å². The maximum Gasteiger partial charge on any atom is 0.407 e. The van der Waals surface area contributed by atoms with Crippen LogP contribution in [0.4, 0.5) is 9.59 Å². The van der Waals surface area contributed by atoms with Gasteiger partial charge in [0, 0.05) is 13.1 Å². The lowest BCUT2D eigenvalue weighted by Crippen LogP contribution is -2.51. The lowest BCUT2D eigenvalue weighted by molar-refractivity contribution is -0.141. The van der Waals surface area contributed by atoms with Crippen LogP contribution in [0.3, 0.4) is 0 Å². The molecule has 0 aromatic rings. The second-order valence-corrected chi connectivity index (χ2v) is 9.60. The fraction of sp³-hybridized carbons (Fsp3) is 0.818. The minimum Gasteiger partial charge on any atom is -0.469 e. The highest BCUT2D eigenvalue weighted by Crippen LogP contribution is 2.10. The van der Waals surface area contributed by atoms with Crippen molar-refractivity contribution in [1.82, 2.24) is 15.5 Å². The second kappa shape index (κ2) is 13.9. The standard InChI is InChI=1S/C22H41N3O8/c1-10-25(13-15(11-17(26)30-8)23-19(28)32-21(2,3)4)14-16(12-18(27)31-9)24-20(29)33-22(5,6)7/h15-16H,10-14H2,1-9H3,(H,23,28)(H,24,29). The molecule has 2 N–H and O–H groups in total. The van der Waals surface area contributed by atoms with Crippen molar-refractivity contribution >= 4 is 24.1 Å². The van der Waals surface area contributed by atoms with Gasteiger partial charge in [0.15, 0.2) is 0 Å². The summed E-state index contributed by atoms with van der Waals surface area (Å²) in [5, 5.41) is 5.39. The van der Waals surface area contributed by atoms with Gasteiger partial charge < -0.3 is 29.6 Å². The first-order chi connectivity index (χ1) is 15.1. The molecular formula is C22H41N3O8. The van der Waals surface area contributed by atoms with Gasteiger partial charge in [0.2, 0.25) is 0 Å². The molecule has 0 aliphatic carbocycles. The number of carbonyl (C=O) groups is 4. The molecule has 2 atom stereocenters. The molecule has 0 aromatic carbocycles. The average Bonchev–Trinajstić information content (AvgIpc) is 2.63. The monoisotopic (exact) mass is 475 g/mol. The highest BCUT2D eigenvalue weighted by atomic mass is 16.6. The Hall–Kier alpha value is -2.56. The molecular weight excluding hydrogens is 434 g/mol. The molecule has 0 fully saturated rings. The van der Waals surface area contributed by atoms with Gasteiger partial charge in [-0.15, -0.1) is 0 Å². The van der Waals surface area contributed by atoms with E-state index in [0.717, 1.165) is 0 Å². The average molecular weight is 476 g/mol. The zero-order chi connectivity index (χ0) is 25.8. The van der Waals surface area contributed by atoms with Crippen LogP contribution < -0.4 is 10.6 Å². The molecule has 2 amide bonds. The lowest BCUT2D eigenvalue weighted by Gasteiger charge is -2.31. The van der Waals surface area contributed by atoms with Gasteiger partial charge in [-0.25, -0.2) is 9.59 Å². The number of amides is 2. The predicted octanol–water partition coefficient (Wildman–Crippen LogP) is 2.22. The summed E-state index contributed by atoms with van der Waals surface area (Å²) >= 11 is 0.